The lowest BCUT2D eigenvalue weighted by Gasteiger charge is -2.41. The van der Waals surface area contributed by atoms with Crippen molar-refractivity contribution in [1.29, 1.82) is 5.26 Å². The Balaban J connectivity index is 1.76. The molecule has 2 aliphatic rings. The van der Waals surface area contributed by atoms with Gasteiger partial charge in [0.1, 0.15) is 5.54 Å². The summed E-state index contributed by atoms with van der Waals surface area (Å²) in [4.78, 5) is 4.91. The molecular formula is C14H25N3. The van der Waals surface area contributed by atoms with Crippen molar-refractivity contribution in [3.63, 3.8) is 0 Å². The van der Waals surface area contributed by atoms with Crippen molar-refractivity contribution in [2.24, 2.45) is 5.92 Å². The lowest BCUT2D eigenvalue weighted by atomic mass is 10.0. The number of hydrogen-bond donors (Lipinski definition) is 0. The van der Waals surface area contributed by atoms with Gasteiger partial charge in [-0.3, -0.25) is 4.90 Å². The van der Waals surface area contributed by atoms with Gasteiger partial charge >= 0.3 is 0 Å². The van der Waals surface area contributed by atoms with Crippen LogP contribution >= 0.6 is 0 Å². The van der Waals surface area contributed by atoms with Crippen molar-refractivity contribution in [2.45, 2.75) is 45.1 Å². The van der Waals surface area contributed by atoms with Crippen LogP contribution in [0.5, 0.6) is 0 Å². The highest BCUT2D eigenvalue weighted by Gasteiger charge is 2.30. The minimum absolute atomic E-state index is 0.292. The molecule has 2 rings (SSSR count). The lowest BCUT2D eigenvalue weighted by Crippen LogP contribution is -2.54. The zero-order valence-corrected chi connectivity index (χ0v) is 11.3. The second-order valence-corrected chi connectivity index (χ2v) is 6.11. The van der Waals surface area contributed by atoms with Gasteiger partial charge in [0.05, 0.1) is 6.07 Å². The normalized spacial score (nSPS) is 25.0. The summed E-state index contributed by atoms with van der Waals surface area (Å²) in [7, 11) is 0. The number of nitriles is 1. The van der Waals surface area contributed by atoms with Crippen LogP contribution in [-0.2, 0) is 0 Å². The Morgan fingerprint density at radius 2 is 1.71 bits per heavy atom. The van der Waals surface area contributed by atoms with Crippen LogP contribution in [0.1, 0.15) is 39.5 Å². The Kier molecular flexibility index (Phi) is 4.06. The van der Waals surface area contributed by atoms with Crippen LogP contribution in [-0.4, -0.2) is 48.1 Å². The van der Waals surface area contributed by atoms with Gasteiger partial charge in [0.2, 0.25) is 0 Å². The standard InChI is InChI=1S/C14H25N3/c1-14(2,12-15)17-9-7-16(8-10-17)11-13-5-3-4-6-13/h13H,3-11H2,1-2H3. The van der Waals surface area contributed by atoms with Crippen LogP contribution in [0.2, 0.25) is 0 Å². The third-order valence-electron chi connectivity index (χ3n) is 4.43. The SMILES string of the molecule is CC(C)(C#N)N1CCN(CC2CCCC2)CC1. The highest BCUT2D eigenvalue weighted by atomic mass is 15.3. The molecule has 1 heterocycles. The quantitative estimate of drug-likeness (QED) is 0.750. The van der Waals surface area contributed by atoms with E-state index in [1.54, 1.807) is 0 Å². The van der Waals surface area contributed by atoms with Gasteiger partial charge in [0, 0.05) is 32.7 Å². The van der Waals surface area contributed by atoms with E-state index in [2.05, 4.69) is 15.9 Å². The number of rotatable bonds is 3. The summed E-state index contributed by atoms with van der Waals surface area (Å²) in [5.74, 6) is 0.950. The minimum atomic E-state index is -0.292. The third-order valence-corrected chi connectivity index (χ3v) is 4.43. The maximum Gasteiger partial charge on any atom is 0.103 e. The van der Waals surface area contributed by atoms with Crippen molar-refractivity contribution >= 4 is 0 Å². The molecule has 0 atom stereocenters. The van der Waals surface area contributed by atoms with Gasteiger partial charge in [-0.1, -0.05) is 12.8 Å². The third kappa shape index (κ3) is 3.20. The summed E-state index contributed by atoms with van der Waals surface area (Å²) in [6.07, 6.45) is 5.74. The maximum absolute atomic E-state index is 9.14. The molecule has 0 radical (unpaired) electrons. The fourth-order valence-corrected chi connectivity index (χ4v) is 3.12. The summed E-state index contributed by atoms with van der Waals surface area (Å²) in [5.41, 5.74) is -0.292. The molecule has 0 aromatic heterocycles. The highest BCUT2D eigenvalue weighted by molar-refractivity contribution is 5.02. The molecule has 3 nitrogen and oxygen atoms in total. The van der Waals surface area contributed by atoms with E-state index in [0.717, 1.165) is 32.1 Å². The van der Waals surface area contributed by atoms with Gasteiger partial charge in [0.15, 0.2) is 0 Å². The van der Waals surface area contributed by atoms with Crippen molar-refractivity contribution < 1.29 is 0 Å². The van der Waals surface area contributed by atoms with E-state index < -0.39 is 0 Å². The summed E-state index contributed by atoms with van der Waals surface area (Å²) < 4.78 is 0. The Hall–Kier alpha value is -0.590. The van der Waals surface area contributed by atoms with Crippen LogP contribution in [0.25, 0.3) is 0 Å². The molecule has 1 saturated heterocycles. The molecule has 0 unspecified atom stereocenters. The number of nitrogens with zero attached hydrogens (tertiary/aromatic N) is 3. The molecule has 96 valence electrons. The number of hydrogen-bond acceptors (Lipinski definition) is 3. The van der Waals surface area contributed by atoms with E-state index in [1.807, 2.05) is 13.8 Å². The zero-order valence-electron chi connectivity index (χ0n) is 11.3. The Labute approximate surface area is 105 Å². The van der Waals surface area contributed by atoms with Gasteiger partial charge in [-0.15, -0.1) is 0 Å². The molecule has 1 aliphatic heterocycles. The molecule has 1 saturated carbocycles. The average molecular weight is 235 g/mol. The van der Waals surface area contributed by atoms with Gasteiger partial charge in [-0.05, 0) is 32.6 Å². The van der Waals surface area contributed by atoms with Gasteiger partial charge in [-0.2, -0.15) is 5.26 Å². The van der Waals surface area contributed by atoms with E-state index >= 15 is 0 Å². The van der Waals surface area contributed by atoms with Gasteiger partial charge in [-0.25, -0.2) is 0 Å². The summed E-state index contributed by atoms with van der Waals surface area (Å²) in [6, 6.07) is 2.41. The minimum Gasteiger partial charge on any atom is -0.301 e. The molecule has 0 aromatic rings. The van der Waals surface area contributed by atoms with Crippen molar-refractivity contribution in [2.75, 3.05) is 32.7 Å². The van der Waals surface area contributed by atoms with Crippen LogP contribution in [0.3, 0.4) is 0 Å². The predicted octanol–water partition coefficient (Wildman–Crippen LogP) is 2.10. The Bertz CT molecular complexity index is 278. The van der Waals surface area contributed by atoms with E-state index in [9.17, 15) is 0 Å². The maximum atomic E-state index is 9.14. The molecule has 0 aromatic carbocycles. The van der Waals surface area contributed by atoms with Crippen LogP contribution in [0, 0.1) is 17.2 Å². The summed E-state index contributed by atoms with van der Waals surface area (Å²) in [5, 5.41) is 9.14. The van der Waals surface area contributed by atoms with E-state index in [4.69, 9.17) is 5.26 Å². The summed E-state index contributed by atoms with van der Waals surface area (Å²) in [6.45, 7) is 9.73. The number of piperazine rings is 1. The zero-order chi connectivity index (χ0) is 12.3. The monoisotopic (exact) mass is 235 g/mol. The van der Waals surface area contributed by atoms with Crippen molar-refractivity contribution in [3.8, 4) is 6.07 Å². The molecule has 0 bridgehead atoms. The topological polar surface area (TPSA) is 30.3 Å². The van der Waals surface area contributed by atoms with E-state index in [0.29, 0.717) is 0 Å². The highest BCUT2D eigenvalue weighted by Crippen LogP contribution is 2.26. The molecule has 1 aliphatic carbocycles. The van der Waals surface area contributed by atoms with Gasteiger partial charge < -0.3 is 4.90 Å². The van der Waals surface area contributed by atoms with Gasteiger partial charge in [0.25, 0.3) is 0 Å². The molecular weight excluding hydrogens is 210 g/mol. The first-order chi connectivity index (χ1) is 8.12. The van der Waals surface area contributed by atoms with Crippen molar-refractivity contribution in [3.05, 3.63) is 0 Å². The first kappa shape index (κ1) is 12.9. The van der Waals surface area contributed by atoms with E-state index in [1.165, 1.54) is 32.2 Å². The fourth-order valence-electron chi connectivity index (χ4n) is 3.12. The lowest BCUT2D eigenvalue weighted by molar-refractivity contribution is 0.0720. The molecule has 0 N–H and O–H groups in total. The van der Waals surface area contributed by atoms with Crippen molar-refractivity contribution in [1.82, 2.24) is 9.80 Å². The fraction of sp³-hybridized carbons (Fsp3) is 0.929. The van der Waals surface area contributed by atoms with Crippen LogP contribution < -0.4 is 0 Å². The molecule has 17 heavy (non-hydrogen) atoms. The summed E-state index contributed by atoms with van der Waals surface area (Å²) >= 11 is 0. The van der Waals surface area contributed by atoms with Crippen LogP contribution in [0.15, 0.2) is 0 Å². The molecule has 2 fully saturated rings. The predicted molar refractivity (Wildman–Crippen MR) is 69.7 cm³/mol. The molecule has 0 amide bonds. The largest absolute Gasteiger partial charge is 0.301 e. The average Bonchev–Trinajstić information content (AvgIpc) is 2.83. The smallest absolute Gasteiger partial charge is 0.103 e. The second-order valence-electron chi connectivity index (χ2n) is 6.11. The second kappa shape index (κ2) is 5.37. The first-order valence-corrected chi connectivity index (χ1v) is 7.00. The van der Waals surface area contributed by atoms with E-state index in [-0.39, 0.29) is 5.54 Å². The first-order valence-electron chi connectivity index (χ1n) is 7.00. The molecule has 0 spiro atoms. The Morgan fingerprint density at radius 1 is 1.12 bits per heavy atom. The van der Waals surface area contributed by atoms with Crippen LogP contribution in [0.4, 0.5) is 0 Å². The molecule has 3 heteroatoms. The Morgan fingerprint density at radius 3 is 2.24 bits per heavy atom.